The quantitative estimate of drug-likeness (QED) is 0.0128. The van der Waals surface area contributed by atoms with Crippen LogP contribution in [0, 0.1) is 41.4 Å². The van der Waals surface area contributed by atoms with Gasteiger partial charge in [-0.3, -0.25) is 43.4 Å². The minimum Gasteiger partial charge on any atom is -0.474 e. The molecule has 5 heterocycles. The smallest absolute Gasteiger partial charge is 0.410 e. The van der Waals surface area contributed by atoms with E-state index >= 15 is 0 Å². The molecular formula is C66H86N14O21P2S2. The van der Waals surface area contributed by atoms with Gasteiger partial charge < -0.3 is 89.2 Å². The van der Waals surface area contributed by atoms with Crippen LogP contribution < -0.4 is 47.9 Å². The Hall–Kier alpha value is -8.21. The summed E-state index contributed by atoms with van der Waals surface area (Å²) in [5, 5.41) is 27.6. The number of amides is 8. The number of anilines is 2. The number of H-pyrrole nitrogens is 1. The zero-order chi connectivity index (χ0) is 74.8. The summed E-state index contributed by atoms with van der Waals surface area (Å²) in [6.07, 6.45) is 0.0405. The number of urea groups is 1. The predicted octanol–water partition coefficient (Wildman–Crippen LogP) is 4.72. The fourth-order valence-corrected chi connectivity index (χ4v) is 15.7. The van der Waals surface area contributed by atoms with Crippen LogP contribution in [0.25, 0.3) is 11.2 Å². The van der Waals surface area contributed by atoms with Gasteiger partial charge in [-0.25, -0.2) is 33.9 Å². The molecule has 2 bridgehead atoms. The molecule has 39 heteroatoms. The van der Waals surface area contributed by atoms with Crippen molar-refractivity contribution < 1.29 is 94.6 Å². The van der Waals surface area contributed by atoms with Crippen LogP contribution in [-0.4, -0.2) is 195 Å². The number of primary amides is 1. The number of hydrogen-bond acceptors (Lipinski definition) is 25. The van der Waals surface area contributed by atoms with Crippen LogP contribution in [0.15, 0.2) is 78.2 Å². The number of ether oxygens (including phenoxy) is 6. The van der Waals surface area contributed by atoms with Crippen molar-refractivity contribution >= 4 is 102 Å². The molecule has 3 aromatic heterocycles. The second kappa shape index (κ2) is 37.4. The van der Waals surface area contributed by atoms with E-state index in [0.29, 0.717) is 47.1 Å². The molecular weight excluding hydrogens is 1450 g/mol. The number of rotatable bonds is 30. The van der Waals surface area contributed by atoms with Gasteiger partial charge in [0, 0.05) is 81.8 Å². The van der Waals surface area contributed by atoms with E-state index < -0.39 is 128 Å². The molecule has 3 aliphatic carbocycles. The average molecular weight is 1540 g/mol. The van der Waals surface area contributed by atoms with E-state index in [1.165, 1.54) is 35.1 Å². The Morgan fingerprint density at radius 3 is 2.37 bits per heavy atom. The van der Waals surface area contributed by atoms with E-state index in [0.717, 1.165) is 32.0 Å². The monoisotopic (exact) mass is 1540 g/mol. The summed E-state index contributed by atoms with van der Waals surface area (Å²) >= 11 is 9.63. The van der Waals surface area contributed by atoms with Crippen molar-refractivity contribution in [3.05, 3.63) is 100 Å². The van der Waals surface area contributed by atoms with Gasteiger partial charge in [-0.05, 0) is 96.9 Å². The summed E-state index contributed by atoms with van der Waals surface area (Å²) in [5.41, 5.74) is 5.30. The Labute approximate surface area is 613 Å². The molecule has 35 nitrogen and oxygen atoms in total. The molecule has 2 saturated heterocycles. The third kappa shape index (κ3) is 22.9. The highest BCUT2D eigenvalue weighted by Gasteiger charge is 2.52. The summed E-state index contributed by atoms with van der Waals surface area (Å²) in [5.74, 6) is 4.43. The number of carbonyl (C=O) groups excluding carboxylic acids is 7. The number of aliphatic hydroxyl groups excluding tert-OH is 1. The highest BCUT2D eigenvalue weighted by Crippen LogP contribution is 2.59. The first kappa shape index (κ1) is 79.4. The molecule has 3 unspecified atom stereocenters. The Bertz CT molecular complexity index is 4080. The first-order valence-corrected chi connectivity index (χ1v) is 39.5. The molecule has 8 amide bonds. The molecule has 5 aliphatic rings. The maximum absolute atomic E-state index is 14.1. The number of thiol groups is 1. The van der Waals surface area contributed by atoms with Gasteiger partial charge in [0.2, 0.25) is 29.5 Å². The predicted molar refractivity (Wildman–Crippen MR) is 381 cm³/mol. The number of carbonyl (C=O) groups is 7. The van der Waals surface area contributed by atoms with Gasteiger partial charge in [0.05, 0.1) is 58.7 Å². The second-order valence-corrected chi connectivity index (χ2v) is 31.6. The first-order valence-electron chi connectivity index (χ1n) is 34.2. The van der Waals surface area contributed by atoms with E-state index in [1.54, 1.807) is 62.4 Å². The number of aliphatic hydroxyl groups is 1. The van der Waals surface area contributed by atoms with Crippen LogP contribution in [0.3, 0.4) is 0 Å². The second-order valence-electron chi connectivity index (χ2n) is 26.0. The minimum atomic E-state index is -4.39. The van der Waals surface area contributed by atoms with E-state index in [-0.39, 0.29) is 114 Å². The van der Waals surface area contributed by atoms with Crippen LogP contribution in [-0.2, 0) is 85.7 Å². The van der Waals surface area contributed by atoms with E-state index in [4.69, 9.17) is 64.1 Å². The number of benzene rings is 2. The summed E-state index contributed by atoms with van der Waals surface area (Å²) < 4.78 is 72.9. The molecule has 5 aromatic rings. The van der Waals surface area contributed by atoms with E-state index in [2.05, 4.69) is 80.9 Å². The molecule has 105 heavy (non-hydrogen) atoms. The van der Waals surface area contributed by atoms with Crippen molar-refractivity contribution in [1.82, 2.24) is 55.7 Å². The number of nitrogens with one attached hydrogen (secondary N) is 7. The zero-order valence-electron chi connectivity index (χ0n) is 57.7. The van der Waals surface area contributed by atoms with Crippen molar-refractivity contribution in [2.75, 3.05) is 77.0 Å². The maximum Gasteiger partial charge on any atom is 0.410 e. The summed E-state index contributed by atoms with van der Waals surface area (Å²) in [4.78, 5) is 137. The zero-order valence-corrected chi connectivity index (χ0v) is 61.2. The summed E-state index contributed by atoms with van der Waals surface area (Å²) in [6, 6.07) is 11.3. The van der Waals surface area contributed by atoms with Crippen molar-refractivity contribution in [3.63, 3.8) is 0 Å². The van der Waals surface area contributed by atoms with Crippen LogP contribution in [0.4, 0.5) is 26.0 Å². The van der Waals surface area contributed by atoms with Crippen molar-refractivity contribution in [1.29, 1.82) is 0 Å². The summed E-state index contributed by atoms with van der Waals surface area (Å²) in [6.45, 7) is -4.76. The highest BCUT2D eigenvalue weighted by atomic mass is 32.7. The van der Waals surface area contributed by atoms with Gasteiger partial charge in [-0.1, -0.05) is 56.4 Å². The number of nitrogens with two attached hydrogens (primary N) is 1. The van der Waals surface area contributed by atoms with Crippen molar-refractivity contribution in [2.45, 2.75) is 134 Å². The van der Waals surface area contributed by atoms with Crippen LogP contribution in [0.1, 0.15) is 99.3 Å². The number of alkyl carbamates (subject to hydrolysis) is 1. The lowest BCUT2D eigenvalue weighted by atomic mass is 10.0. The fraction of sp³-hybridized carbons (Fsp3) is 0.545. The Morgan fingerprint density at radius 2 is 1.64 bits per heavy atom. The largest absolute Gasteiger partial charge is 0.474 e. The minimum absolute atomic E-state index is 0.0319. The van der Waals surface area contributed by atoms with Crippen molar-refractivity contribution in [3.8, 4) is 17.7 Å². The SMILES string of the molecule is CC(C)[C@H](NC(=O)CCOCCOCCNC(=O)OCC1[C@H]2CCC#CCC[C@@H]12)C(=O)N[C@@H](CCCNC(N)=O)C(=O)Nc1ccc(COC(=O)N(C)Cc2ccccc2C(=O)Nc2nc3c(ncn3[C@@H]3O[C@@H]4COP(O)(=S)O[C@H]5C[C@H](Oc6ccncn6)C[C@@H]5COP(=O)(S)O[C@@H]3[C@@H]4O)c(=O)[nH]2)cc1. The molecule has 2 aliphatic heterocycles. The third-order valence-corrected chi connectivity index (χ3v) is 21.3. The van der Waals surface area contributed by atoms with E-state index in [1.807, 2.05) is 0 Å². The van der Waals surface area contributed by atoms with Gasteiger partial charge in [0.15, 0.2) is 17.4 Å². The van der Waals surface area contributed by atoms with Gasteiger partial charge in [0.25, 0.3) is 11.5 Å². The maximum atomic E-state index is 14.1. The summed E-state index contributed by atoms with van der Waals surface area (Å²) in [7, 11) is 1.45. The lowest BCUT2D eigenvalue weighted by molar-refractivity contribution is -0.132. The van der Waals surface area contributed by atoms with Crippen LogP contribution >= 0.6 is 25.8 Å². The molecule has 14 atom stereocenters. The Kier molecular flexibility index (Phi) is 28.2. The van der Waals surface area contributed by atoms with Gasteiger partial charge in [-0.15, -0.1) is 11.8 Å². The molecule has 2 saturated carbocycles. The molecule has 10 rings (SSSR count). The first-order chi connectivity index (χ1) is 50.4. The third-order valence-electron chi connectivity index (χ3n) is 18.1. The van der Waals surface area contributed by atoms with E-state index in [9.17, 15) is 52.9 Å². The molecule has 568 valence electrons. The normalized spacial score (nSPS) is 25.4. The molecule has 11 N–H and O–H groups in total. The molecule has 4 fully saturated rings. The lowest BCUT2D eigenvalue weighted by Gasteiger charge is -2.27. The van der Waals surface area contributed by atoms with Crippen LogP contribution in [0.5, 0.6) is 5.88 Å². The van der Waals surface area contributed by atoms with Gasteiger partial charge in [-0.2, -0.15) is 4.98 Å². The number of aromatic amines is 1. The highest BCUT2D eigenvalue weighted by molar-refractivity contribution is 8.44. The van der Waals surface area contributed by atoms with Gasteiger partial charge >= 0.3 is 31.7 Å². The fourth-order valence-electron chi connectivity index (χ4n) is 12.7. The lowest BCUT2D eigenvalue weighted by Crippen LogP contribution is -2.54. The van der Waals surface area contributed by atoms with Crippen molar-refractivity contribution in [2.24, 2.45) is 35.3 Å². The number of aromatic nitrogens is 6. The topological polar surface area (TPSA) is 460 Å². The number of imidazole rings is 1. The Balaban J connectivity index is 0.676. The molecule has 2 aromatic carbocycles. The average Bonchev–Trinajstić information content (AvgIpc) is 1.62. The standard InChI is InChI=1S/C66H86N14O21P2S2/c1-38(2)53(75-51(81)21-25-92-27-28-93-26-24-70-65(88)94-34-47-45-13-6-4-5-7-14-46(45)47)60(85)74-48(15-10-22-69-63(67)87)59(84)73-42-18-16-39(17-19-42)32-95-66(89)79(3)31-40-11-8-9-12-44(40)58(83)77-64-76-57-54(61(86)78-64)72-37-80(57)62-56-55(82)50(99-62)35-97-102(90,104)100-49-30-43(98-52-20-23-68-36-71-52)29-41(49)33-96-103(91,105)101-56/h8-9,11-12,16-20,23,36-38,41,43,45-50,53,55-56,62,82H,6-7,10,13-15,21-22,24-35H2,1-3H3,(H,70,88)(H,73,84)(H,74,85)(H,75,81)(H,90,104)(H,91,105)(H3,67,69,87)(H2,76,77,78,83,86)/t41-,43-,45-,46+,47?,48+,49+,50-,53+,55-,56-,62-,102?,103?/m1/s1. The van der Waals surface area contributed by atoms with Gasteiger partial charge in [0.1, 0.15) is 49.4 Å². The number of fused-ring (bicyclic) bond motifs is 5. The Morgan fingerprint density at radius 1 is 0.886 bits per heavy atom. The number of nitrogens with zero attached hydrogens (tertiary/aromatic N) is 6. The molecule has 0 radical (unpaired) electrons. The van der Waals surface area contributed by atoms with Crippen LogP contribution in [0.2, 0.25) is 0 Å². The number of hydrogen-bond donors (Lipinski definition) is 11. The molecule has 0 spiro atoms.